The standard InChI is InChI=1S/C17H22N6O2/c1-12-18-13(2)23(20-12)10-14-5-3-7-22(9-14)11-16-19-17(21-25-16)15-6-4-8-24-15/h4,6,8,14H,3,5,7,9-11H2,1-2H3/t14-/m0/s1. The SMILES string of the molecule is Cc1nc(C)n(C[C@H]2CCCN(Cc3nc(-c4ccco4)no3)C2)n1. The third-order valence-electron chi connectivity index (χ3n) is 4.57. The van der Waals surface area contributed by atoms with Crippen LogP contribution in [-0.4, -0.2) is 42.9 Å². The van der Waals surface area contributed by atoms with Crippen LogP contribution in [0.4, 0.5) is 0 Å². The minimum Gasteiger partial charge on any atom is -0.461 e. The summed E-state index contributed by atoms with van der Waals surface area (Å²) in [5.41, 5.74) is 0. The first-order valence-corrected chi connectivity index (χ1v) is 8.64. The van der Waals surface area contributed by atoms with Crippen molar-refractivity contribution in [2.45, 2.75) is 39.8 Å². The Morgan fingerprint density at radius 1 is 1.28 bits per heavy atom. The van der Waals surface area contributed by atoms with Crippen LogP contribution in [0.5, 0.6) is 0 Å². The zero-order valence-electron chi connectivity index (χ0n) is 14.6. The van der Waals surface area contributed by atoms with Crippen LogP contribution in [0.15, 0.2) is 27.3 Å². The molecule has 132 valence electrons. The number of aryl methyl sites for hydroxylation is 2. The lowest BCUT2D eigenvalue weighted by Crippen LogP contribution is -2.37. The Hall–Kier alpha value is -2.48. The third kappa shape index (κ3) is 3.63. The fraction of sp³-hybridized carbons (Fsp3) is 0.529. The molecule has 0 saturated carbocycles. The molecule has 0 aliphatic carbocycles. The van der Waals surface area contributed by atoms with Gasteiger partial charge in [0.05, 0.1) is 12.8 Å². The molecule has 8 nitrogen and oxygen atoms in total. The Balaban J connectivity index is 1.37. The van der Waals surface area contributed by atoms with Crippen molar-refractivity contribution in [1.29, 1.82) is 0 Å². The van der Waals surface area contributed by atoms with Crippen molar-refractivity contribution in [3.8, 4) is 11.6 Å². The molecule has 0 aromatic carbocycles. The van der Waals surface area contributed by atoms with Gasteiger partial charge in [-0.15, -0.1) is 0 Å². The quantitative estimate of drug-likeness (QED) is 0.704. The Kier molecular flexibility index (Phi) is 4.35. The molecule has 4 rings (SSSR count). The molecule has 1 aliphatic rings. The largest absolute Gasteiger partial charge is 0.461 e. The summed E-state index contributed by atoms with van der Waals surface area (Å²) in [5, 5.41) is 8.48. The van der Waals surface area contributed by atoms with Crippen molar-refractivity contribution in [3.63, 3.8) is 0 Å². The second kappa shape index (κ2) is 6.79. The van der Waals surface area contributed by atoms with Crippen LogP contribution >= 0.6 is 0 Å². The number of likely N-dealkylation sites (tertiary alicyclic amines) is 1. The van der Waals surface area contributed by atoms with E-state index in [0.29, 0.717) is 29.9 Å². The maximum Gasteiger partial charge on any atom is 0.241 e. The molecule has 1 atom stereocenters. The summed E-state index contributed by atoms with van der Waals surface area (Å²) < 4.78 is 12.7. The maximum absolute atomic E-state index is 5.38. The van der Waals surface area contributed by atoms with Crippen LogP contribution in [0, 0.1) is 19.8 Å². The van der Waals surface area contributed by atoms with E-state index in [4.69, 9.17) is 8.94 Å². The lowest BCUT2D eigenvalue weighted by atomic mass is 9.98. The van der Waals surface area contributed by atoms with Crippen LogP contribution in [0.3, 0.4) is 0 Å². The van der Waals surface area contributed by atoms with E-state index in [9.17, 15) is 0 Å². The number of furan rings is 1. The van der Waals surface area contributed by atoms with Crippen LogP contribution < -0.4 is 0 Å². The van der Waals surface area contributed by atoms with Crippen LogP contribution in [0.1, 0.15) is 30.4 Å². The van der Waals surface area contributed by atoms with Gasteiger partial charge in [0.2, 0.25) is 11.7 Å². The van der Waals surface area contributed by atoms with Crippen LogP contribution in [-0.2, 0) is 13.1 Å². The van der Waals surface area contributed by atoms with Gasteiger partial charge in [0.15, 0.2) is 5.76 Å². The summed E-state index contributed by atoms with van der Waals surface area (Å²) in [4.78, 5) is 11.2. The molecule has 0 bridgehead atoms. The van der Waals surface area contributed by atoms with Crippen molar-refractivity contribution in [2.75, 3.05) is 13.1 Å². The van der Waals surface area contributed by atoms with Gasteiger partial charge in [0.25, 0.3) is 0 Å². The predicted molar refractivity (Wildman–Crippen MR) is 89.5 cm³/mol. The van der Waals surface area contributed by atoms with Gasteiger partial charge < -0.3 is 8.94 Å². The van der Waals surface area contributed by atoms with Gasteiger partial charge in [0, 0.05) is 13.1 Å². The van der Waals surface area contributed by atoms with Gasteiger partial charge in [-0.2, -0.15) is 10.1 Å². The predicted octanol–water partition coefficient (Wildman–Crippen LogP) is 2.45. The molecule has 25 heavy (non-hydrogen) atoms. The van der Waals surface area contributed by atoms with Gasteiger partial charge in [-0.3, -0.25) is 4.90 Å². The zero-order valence-corrected chi connectivity index (χ0v) is 14.6. The van der Waals surface area contributed by atoms with Crippen molar-refractivity contribution in [1.82, 2.24) is 29.8 Å². The molecule has 1 saturated heterocycles. The Morgan fingerprint density at radius 3 is 2.96 bits per heavy atom. The minimum atomic E-state index is 0.502. The highest BCUT2D eigenvalue weighted by Gasteiger charge is 2.23. The molecule has 4 heterocycles. The highest BCUT2D eigenvalue weighted by molar-refractivity contribution is 5.44. The monoisotopic (exact) mass is 342 g/mol. The van der Waals surface area contributed by atoms with Crippen LogP contribution in [0.2, 0.25) is 0 Å². The van der Waals surface area contributed by atoms with Crippen LogP contribution in [0.25, 0.3) is 11.6 Å². The number of nitrogens with zero attached hydrogens (tertiary/aromatic N) is 6. The highest BCUT2D eigenvalue weighted by Crippen LogP contribution is 2.21. The summed E-state index contributed by atoms with van der Waals surface area (Å²) in [6.45, 7) is 7.56. The lowest BCUT2D eigenvalue weighted by molar-refractivity contribution is 0.138. The number of aromatic nitrogens is 5. The lowest BCUT2D eigenvalue weighted by Gasteiger charge is -2.31. The molecule has 1 fully saturated rings. The molecule has 0 unspecified atom stereocenters. The summed E-state index contributed by atoms with van der Waals surface area (Å²) in [5.74, 6) is 4.13. The average Bonchev–Trinajstić information content (AvgIpc) is 3.30. The summed E-state index contributed by atoms with van der Waals surface area (Å²) in [6.07, 6.45) is 3.97. The van der Waals surface area contributed by atoms with E-state index < -0.39 is 0 Å². The number of hydrogen-bond donors (Lipinski definition) is 0. The zero-order chi connectivity index (χ0) is 17.2. The van der Waals surface area contributed by atoms with Crippen molar-refractivity contribution in [3.05, 3.63) is 35.9 Å². The molecular formula is C17H22N6O2. The second-order valence-corrected chi connectivity index (χ2v) is 6.62. The smallest absolute Gasteiger partial charge is 0.241 e. The molecule has 8 heteroatoms. The summed E-state index contributed by atoms with van der Waals surface area (Å²) in [7, 11) is 0. The number of piperidine rings is 1. The molecule has 1 aliphatic heterocycles. The van der Waals surface area contributed by atoms with E-state index in [-0.39, 0.29) is 0 Å². The molecule has 0 radical (unpaired) electrons. The normalized spacial score (nSPS) is 18.7. The molecular weight excluding hydrogens is 320 g/mol. The van der Waals surface area contributed by atoms with Gasteiger partial charge in [-0.1, -0.05) is 5.16 Å². The Morgan fingerprint density at radius 2 is 2.20 bits per heavy atom. The first-order chi connectivity index (χ1) is 12.2. The van der Waals surface area contributed by atoms with Crippen molar-refractivity contribution in [2.24, 2.45) is 5.92 Å². The molecule has 3 aromatic heterocycles. The molecule has 0 spiro atoms. The van der Waals surface area contributed by atoms with E-state index in [1.54, 1.807) is 6.26 Å². The van der Waals surface area contributed by atoms with E-state index in [1.807, 2.05) is 30.7 Å². The fourth-order valence-corrected chi connectivity index (χ4v) is 3.44. The van der Waals surface area contributed by atoms with E-state index in [2.05, 4.69) is 25.1 Å². The summed E-state index contributed by atoms with van der Waals surface area (Å²) >= 11 is 0. The number of hydrogen-bond acceptors (Lipinski definition) is 7. The van der Waals surface area contributed by atoms with Gasteiger partial charge in [-0.25, -0.2) is 9.67 Å². The Labute approximate surface area is 145 Å². The first kappa shape index (κ1) is 16.0. The topological polar surface area (TPSA) is 86.0 Å². The molecule has 0 amide bonds. The summed E-state index contributed by atoms with van der Waals surface area (Å²) in [6, 6.07) is 3.64. The van der Waals surface area contributed by atoms with Gasteiger partial charge >= 0.3 is 0 Å². The first-order valence-electron chi connectivity index (χ1n) is 8.64. The molecule has 3 aromatic rings. The minimum absolute atomic E-state index is 0.502. The molecule has 0 N–H and O–H groups in total. The van der Waals surface area contributed by atoms with Gasteiger partial charge in [-0.05, 0) is 51.3 Å². The van der Waals surface area contributed by atoms with E-state index >= 15 is 0 Å². The Bertz CT molecular complexity index is 822. The fourth-order valence-electron chi connectivity index (χ4n) is 3.44. The van der Waals surface area contributed by atoms with E-state index in [0.717, 1.165) is 37.7 Å². The second-order valence-electron chi connectivity index (χ2n) is 6.62. The maximum atomic E-state index is 5.38. The highest BCUT2D eigenvalue weighted by atomic mass is 16.5. The van der Waals surface area contributed by atoms with E-state index in [1.165, 1.54) is 6.42 Å². The van der Waals surface area contributed by atoms with Gasteiger partial charge in [0.1, 0.15) is 11.6 Å². The number of rotatable bonds is 5. The van der Waals surface area contributed by atoms with Crippen molar-refractivity contribution >= 4 is 0 Å². The third-order valence-corrected chi connectivity index (χ3v) is 4.57. The average molecular weight is 342 g/mol. The van der Waals surface area contributed by atoms with Crippen molar-refractivity contribution < 1.29 is 8.94 Å².